The zero-order valence-corrected chi connectivity index (χ0v) is 16.9. The smallest absolute Gasteiger partial charge is 0.326 e. The van der Waals surface area contributed by atoms with E-state index >= 15 is 0 Å². The third-order valence-electron chi connectivity index (χ3n) is 6.13. The number of benzene rings is 2. The van der Waals surface area contributed by atoms with Crippen molar-refractivity contribution in [1.29, 1.82) is 0 Å². The van der Waals surface area contributed by atoms with Crippen LogP contribution in [0, 0.1) is 25.7 Å². The number of fused-ring (bicyclic) bond motifs is 1. The Kier molecular flexibility index (Phi) is 4.54. The van der Waals surface area contributed by atoms with E-state index in [0.29, 0.717) is 5.69 Å². The number of amides is 2. The van der Waals surface area contributed by atoms with Crippen LogP contribution in [-0.4, -0.2) is 30.4 Å². The van der Waals surface area contributed by atoms with Gasteiger partial charge in [-0.2, -0.15) is 0 Å². The molecule has 4 rings (SSSR count). The monoisotopic (exact) mass is 392 g/mol. The van der Waals surface area contributed by atoms with Crippen molar-refractivity contribution in [2.45, 2.75) is 32.4 Å². The van der Waals surface area contributed by atoms with E-state index in [1.165, 1.54) is 12.0 Å². The van der Waals surface area contributed by atoms with E-state index in [9.17, 15) is 14.4 Å². The van der Waals surface area contributed by atoms with Gasteiger partial charge in [0, 0.05) is 6.04 Å². The Hall–Kier alpha value is -2.99. The zero-order chi connectivity index (χ0) is 20.9. The lowest BCUT2D eigenvalue weighted by atomic mass is 9.80. The number of hydrogen-bond donors (Lipinski definition) is 1. The van der Waals surface area contributed by atoms with Crippen molar-refractivity contribution in [3.8, 4) is 0 Å². The van der Waals surface area contributed by atoms with Crippen LogP contribution in [0.1, 0.15) is 29.7 Å². The highest BCUT2D eigenvalue weighted by Crippen LogP contribution is 2.49. The standard InChI is InChI=1S/C23H24N2O4/c1-13-5-9-15(10-6-13)19-17-18(23(3,24-19)22(28)29-4)21(27)25(20(17)26)16-11-7-14(2)8-12-16/h5-12,17-19,24H,1-4H3/t17-,18-,19+,23+/m0/s1. The molecule has 0 aromatic heterocycles. The number of nitrogens with zero attached hydrogens (tertiary/aromatic N) is 1. The maximum Gasteiger partial charge on any atom is 0.326 e. The average molecular weight is 392 g/mol. The number of hydrogen-bond acceptors (Lipinski definition) is 5. The van der Waals surface area contributed by atoms with Gasteiger partial charge in [0.15, 0.2) is 0 Å². The number of nitrogens with one attached hydrogen (secondary N) is 1. The molecule has 1 N–H and O–H groups in total. The maximum absolute atomic E-state index is 13.4. The van der Waals surface area contributed by atoms with Gasteiger partial charge in [0.2, 0.25) is 11.8 Å². The van der Waals surface area contributed by atoms with Crippen LogP contribution in [-0.2, 0) is 19.1 Å². The van der Waals surface area contributed by atoms with Crippen LogP contribution in [0.4, 0.5) is 5.69 Å². The molecule has 0 spiro atoms. The number of anilines is 1. The zero-order valence-electron chi connectivity index (χ0n) is 16.9. The largest absolute Gasteiger partial charge is 0.468 e. The fourth-order valence-electron chi connectivity index (χ4n) is 4.55. The van der Waals surface area contributed by atoms with E-state index in [0.717, 1.165) is 16.7 Å². The minimum atomic E-state index is -1.29. The molecule has 4 atom stereocenters. The minimum Gasteiger partial charge on any atom is -0.468 e. The second-order valence-electron chi connectivity index (χ2n) is 8.08. The lowest BCUT2D eigenvalue weighted by Gasteiger charge is -2.28. The molecule has 0 bridgehead atoms. The van der Waals surface area contributed by atoms with Gasteiger partial charge >= 0.3 is 5.97 Å². The number of aryl methyl sites for hydroxylation is 2. The van der Waals surface area contributed by atoms with Gasteiger partial charge in [-0.3, -0.25) is 19.7 Å². The molecule has 0 saturated carbocycles. The summed E-state index contributed by atoms with van der Waals surface area (Å²) < 4.78 is 5.01. The highest BCUT2D eigenvalue weighted by atomic mass is 16.5. The fraction of sp³-hybridized carbons (Fsp3) is 0.348. The molecule has 0 unspecified atom stereocenters. The van der Waals surface area contributed by atoms with Crippen LogP contribution in [0.2, 0.25) is 0 Å². The Morgan fingerprint density at radius 1 is 0.966 bits per heavy atom. The number of carbonyl (C=O) groups excluding carboxylic acids is 3. The molecular formula is C23H24N2O4. The van der Waals surface area contributed by atoms with Crippen molar-refractivity contribution in [2.24, 2.45) is 11.8 Å². The van der Waals surface area contributed by atoms with Crippen LogP contribution < -0.4 is 10.2 Å². The second kappa shape index (κ2) is 6.81. The Labute approximate surface area is 169 Å². The van der Waals surface area contributed by atoms with Crippen molar-refractivity contribution < 1.29 is 19.1 Å². The van der Waals surface area contributed by atoms with Gasteiger partial charge in [0.1, 0.15) is 5.54 Å². The molecule has 2 fully saturated rings. The molecule has 6 heteroatoms. The van der Waals surface area contributed by atoms with Gasteiger partial charge in [0.05, 0.1) is 24.6 Å². The summed E-state index contributed by atoms with van der Waals surface area (Å²) in [5.74, 6) is -2.74. The van der Waals surface area contributed by atoms with E-state index in [1.807, 2.05) is 50.2 Å². The molecule has 2 aliphatic rings. The molecule has 0 radical (unpaired) electrons. The molecule has 2 heterocycles. The summed E-state index contributed by atoms with van der Waals surface area (Å²) in [6, 6.07) is 14.6. The summed E-state index contributed by atoms with van der Waals surface area (Å²) in [6.45, 7) is 5.57. The summed E-state index contributed by atoms with van der Waals surface area (Å²) in [4.78, 5) is 40.8. The van der Waals surface area contributed by atoms with Crippen LogP contribution in [0.5, 0.6) is 0 Å². The molecule has 2 amide bonds. The molecule has 0 aliphatic carbocycles. The van der Waals surface area contributed by atoms with Gasteiger partial charge < -0.3 is 4.74 Å². The number of esters is 1. The molecule has 6 nitrogen and oxygen atoms in total. The molecule has 29 heavy (non-hydrogen) atoms. The Balaban J connectivity index is 1.81. The number of ether oxygens (including phenoxy) is 1. The lowest BCUT2D eigenvalue weighted by molar-refractivity contribution is -0.151. The van der Waals surface area contributed by atoms with Crippen molar-refractivity contribution >= 4 is 23.5 Å². The van der Waals surface area contributed by atoms with Crippen molar-refractivity contribution in [3.05, 3.63) is 65.2 Å². The van der Waals surface area contributed by atoms with Gasteiger partial charge in [-0.05, 0) is 38.5 Å². The average Bonchev–Trinajstić information content (AvgIpc) is 3.17. The lowest BCUT2D eigenvalue weighted by Crippen LogP contribution is -2.54. The molecule has 2 saturated heterocycles. The first-order chi connectivity index (χ1) is 13.8. The normalized spacial score (nSPS) is 28.6. The fourth-order valence-corrected chi connectivity index (χ4v) is 4.55. The third kappa shape index (κ3) is 2.86. The van der Waals surface area contributed by atoms with Gasteiger partial charge in [-0.1, -0.05) is 47.5 Å². The summed E-state index contributed by atoms with van der Waals surface area (Å²) in [6.07, 6.45) is 0. The molecular weight excluding hydrogens is 368 g/mol. The summed E-state index contributed by atoms with van der Waals surface area (Å²) in [7, 11) is 1.29. The van der Waals surface area contributed by atoms with Crippen molar-refractivity contribution in [1.82, 2.24) is 5.32 Å². The van der Waals surface area contributed by atoms with Crippen LogP contribution in [0.3, 0.4) is 0 Å². The summed E-state index contributed by atoms with van der Waals surface area (Å²) in [5.41, 5.74) is 2.22. The van der Waals surface area contributed by atoms with E-state index in [1.54, 1.807) is 19.1 Å². The van der Waals surface area contributed by atoms with Crippen molar-refractivity contribution in [3.63, 3.8) is 0 Å². The molecule has 2 aliphatic heterocycles. The minimum absolute atomic E-state index is 0.297. The number of imide groups is 1. The molecule has 2 aromatic carbocycles. The van der Waals surface area contributed by atoms with Crippen LogP contribution in [0.15, 0.2) is 48.5 Å². The van der Waals surface area contributed by atoms with Crippen LogP contribution in [0.25, 0.3) is 0 Å². The predicted molar refractivity (Wildman–Crippen MR) is 108 cm³/mol. The molecule has 2 aromatic rings. The van der Waals surface area contributed by atoms with E-state index in [4.69, 9.17) is 4.74 Å². The van der Waals surface area contributed by atoms with E-state index in [2.05, 4.69) is 5.32 Å². The van der Waals surface area contributed by atoms with Crippen LogP contribution >= 0.6 is 0 Å². The topological polar surface area (TPSA) is 75.7 Å². The first-order valence-corrected chi connectivity index (χ1v) is 9.65. The van der Waals surface area contributed by atoms with Gasteiger partial charge in [-0.25, -0.2) is 4.90 Å². The Bertz CT molecular complexity index is 983. The first-order valence-electron chi connectivity index (χ1n) is 9.65. The Morgan fingerprint density at radius 2 is 1.52 bits per heavy atom. The number of carbonyl (C=O) groups is 3. The third-order valence-corrected chi connectivity index (χ3v) is 6.13. The van der Waals surface area contributed by atoms with Gasteiger partial charge in [-0.15, -0.1) is 0 Å². The van der Waals surface area contributed by atoms with E-state index < -0.39 is 29.4 Å². The predicted octanol–water partition coefficient (Wildman–Crippen LogP) is 2.69. The summed E-state index contributed by atoms with van der Waals surface area (Å²) in [5, 5.41) is 3.25. The highest BCUT2D eigenvalue weighted by molar-refractivity contribution is 6.24. The maximum atomic E-state index is 13.4. The highest BCUT2D eigenvalue weighted by Gasteiger charge is 2.67. The second-order valence-corrected chi connectivity index (χ2v) is 8.08. The molecule has 150 valence electrons. The Morgan fingerprint density at radius 3 is 2.07 bits per heavy atom. The first kappa shape index (κ1) is 19.3. The summed E-state index contributed by atoms with van der Waals surface area (Å²) >= 11 is 0. The quantitative estimate of drug-likeness (QED) is 0.642. The van der Waals surface area contributed by atoms with Gasteiger partial charge in [0.25, 0.3) is 0 Å². The van der Waals surface area contributed by atoms with E-state index in [-0.39, 0.29) is 11.8 Å². The SMILES string of the molecule is COC(=O)[C@]1(C)N[C@H](c2ccc(C)cc2)[C@H]2C(=O)N(c3ccc(C)cc3)C(=O)[C@H]21. The van der Waals surface area contributed by atoms with Crippen molar-refractivity contribution in [2.75, 3.05) is 12.0 Å². The number of methoxy groups -OCH3 is 1. The number of rotatable bonds is 3.